The van der Waals surface area contributed by atoms with Gasteiger partial charge in [0.15, 0.2) is 0 Å². The van der Waals surface area contributed by atoms with Crippen molar-refractivity contribution in [3.8, 4) is 5.69 Å². The monoisotopic (exact) mass is 216 g/mol. The average molecular weight is 216 g/mol. The number of hydrogen-bond acceptors (Lipinski definition) is 3. The molecule has 4 N–H and O–H groups in total. The Morgan fingerprint density at radius 1 is 1.38 bits per heavy atom. The van der Waals surface area contributed by atoms with Crippen LogP contribution in [0.15, 0.2) is 30.5 Å². The SMILES string of the molecule is CCc1cnn(-c2cccc(CN)c2)c1N. The number of aromatic nitrogens is 2. The maximum atomic E-state index is 6.01. The van der Waals surface area contributed by atoms with E-state index in [9.17, 15) is 0 Å². The molecule has 0 atom stereocenters. The summed E-state index contributed by atoms with van der Waals surface area (Å²) in [5.41, 5.74) is 14.7. The lowest BCUT2D eigenvalue weighted by atomic mass is 10.2. The van der Waals surface area contributed by atoms with E-state index in [1.807, 2.05) is 30.5 Å². The molecule has 0 amide bonds. The van der Waals surface area contributed by atoms with Crippen LogP contribution >= 0.6 is 0 Å². The van der Waals surface area contributed by atoms with Gasteiger partial charge in [0.1, 0.15) is 5.82 Å². The minimum absolute atomic E-state index is 0.523. The number of benzene rings is 1. The lowest BCUT2D eigenvalue weighted by Gasteiger charge is -2.06. The Morgan fingerprint density at radius 2 is 2.19 bits per heavy atom. The molecule has 16 heavy (non-hydrogen) atoms. The number of nitrogens with two attached hydrogens (primary N) is 2. The predicted octanol–water partition coefficient (Wildman–Crippen LogP) is 1.48. The molecular weight excluding hydrogens is 200 g/mol. The van der Waals surface area contributed by atoms with Gasteiger partial charge in [-0.3, -0.25) is 0 Å². The minimum atomic E-state index is 0.523. The van der Waals surface area contributed by atoms with Gasteiger partial charge in [-0.25, -0.2) is 4.68 Å². The van der Waals surface area contributed by atoms with E-state index in [4.69, 9.17) is 11.5 Å². The molecule has 0 bridgehead atoms. The molecule has 0 aliphatic rings. The fraction of sp³-hybridized carbons (Fsp3) is 0.250. The smallest absolute Gasteiger partial charge is 0.130 e. The maximum absolute atomic E-state index is 6.01. The molecular formula is C12H16N4. The number of nitrogens with zero attached hydrogens (tertiary/aromatic N) is 2. The van der Waals surface area contributed by atoms with Crippen molar-refractivity contribution in [1.29, 1.82) is 0 Å². The van der Waals surface area contributed by atoms with Crippen molar-refractivity contribution >= 4 is 5.82 Å². The van der Waals surface area contributed by atoms with Gasteiger partial charge in [-0.15, -0.1) is 0 Å². The molecule has 0 unspecified atom stereocenters. The van der Waals surface area contributed by atoms with Gasteiger partial charge >= 0.3 is 0 Å². The van der Waals surface area contributed by atoms with Gasteiger partial charge in [0.25, 0.3) is 0 Å². The average Bonchev–Trinajstić information content (AvgIpc) is 2.70. The molecule has 4 heteroatoms. The summed E-state index contributed by atoms with van der Waals surface area (Å²) in [6.45, 7) is 2.59. The van der Waals surface area contributed by atoms with Gasteiger partial charge in [-0.2, -0.15) is 5.10 Å². The molecule has 0 aliphatic carbocycles. The van der Waals surface area contributed by atoms with Gasteiger partial charge in [-0.1, -0.05) is 19.1 Å². The summed E-state index contributed by atoms with van der Waals surface area (Å²) in [4.78, 5) is 0. The first kappa shape index (κ1) is 10.7. The zero-order valence-electron chi connectivity index (χ0n) is 9.35. The van der Waals surface area contributed by atoms with Crippen LogP contribution in [-0.2, 0) is 13.0 Å². The molecule has 4 nitrogen and oxygen atoms in total. The van der Waals surface area contributed by atoms with E-state index in [0.29, 0.717) is 12.4 Å². The summed E-state index contributed by atoms with van der Waals surface area (Å²) in [5, 5.41) is 4.28. The normalized spacial score (nSPS) is 10.6. The number of rotatable bonds is 3. The first-order valence-corrected chi connectivity index (χ1v) is 5.38. The highest BCUT2D eigenvalue weighted by Crippen LogP contribution is 2.18. The van der Waals surface area contributed by atoms with Crippen LogP contribution in [0.3, 0.4) is 0 Å². The number of hydrogen-bond donors (Lipinski definition) is 2. The maximum Gasteiger partial charge on any atom is 0.130 e. The van der Waals surface area contributed by atoms with Crippen LogP contribution in [0.2, 0.25) is 0 Å². The molecule has 84 valence electrons. The van der Waals surface area contributed by atoms with Crippen molar-refractivity contribution in [2.45, 2.75) is 19.9 Å². The van der Waals surface area contributed by atoms with Crippen molar-refractivity contribution in [2.24, 2.45) is 5.73 Å². The highest BCUT2D eigenvalue weighted by Gasteiger charge is 2.07. The number of aryl methyl sites for hydroxylation is 1. The Balaban J connectivity index is 2.45. The van der Waals surface area contributed by atoms with Crippen molar-refractivity contribution < 1.29 is 0 Å². The summed E-state index contributed by atoms with van der Waals surface area (Å²) < 4.78 is 1.75. The molecule has 2 aromatic rings. The summed E-state index contributed by atoms with van der Waals surface area (Å²) >= 11 is 0. The molecule has 0 fully saturated rings. The Labute approximate surface area is 94.9 Å². The third kappa shape index (κ3) is 1.79. The van der Waals surface area contributed by atoms with Gasteiger partial charge in [-0.05, 0) is 24.1 Å². The lowest BCUT2D eigenvalue weighted by Crippen LogP contribution is -2.04. The second kappa shape index (κ2) is 4.37. The first-order valence-electron chi connectivity index (χ1n) is 5.38. The van der Waals surface area contributed by atoms with Crippen molar-refractivity contribution in [1.82, 2.24) is 9.78 Å². The van der Waals surface area contributed by atoms with Crippen molar-refractivity contribution in [2.75, 3.05) is 5.73 Å². The first-order chi connectivity index (χ1) is 7.76. The third-order valence-electron chi connectivity index (χ3n) is 2.66. The topological polar surface area (TPSA) is 69.9 Å². The van der Waals surface area contributed by atoms with E-state index < -0.39 is 0 Å². The third-order valence-corrected chi connectivity index (χ3v) is 2.66. The standard InChI is InChI=1S/C12H16N4/c1-2-10-8-15-16(12(10)14)11-5-3-4-9(6-11)7-13/h3-6,8H,2,7,13-14H2,1H3. The molecule has 1 aromatic carbocycles. The van der Waals surface area contributed by atoms with Gasteiger partial charge < -0.3 is 11.5 Å². The van der Waals surface area contributed by atoms with Crippen LogP contribution < -0.4 is 11.5 Å². The second-order valence-electron chi connectivity index (χ2n) is 3.69. The summed E-state index contributed by atoms with van der Waals surface area (Å²) in [7, 11) is 0. The summed E-state index contributed by atoms with van der Waals surface area (Å²) in [6, 6.07) is 7.93. The zero-order valence-corrected chi connectivity index (χ0v) is 9.35. The molecule has 1 heterocycles. The molecule has 0 spiro atoms. The lowest BCUT2D eigenvalue weighted by molar-refractivity contribution is 0.886. The van der Waals surface area contributed by atoms with E-state index in [1.54, 1.807) is 4.68 Å². The van der Waals surface area contributed by atoms with Crippen LogP contribution in [0.1, 0.15) is 18.1 Å². The van der Waals surface area contributed by atoms with Crippen LogP contribution in [0, 0.1) is 0 Å². The van der Waals surface area contributed by atoms with E-state index in [-0.39, 0.29) is 0 Å². The molecule has 2 rings (SSSR count). The van der Waals surface area contributed by atoms with Crippen LogP contribution in [-0.4, -0.2) is 9.78 Å². The van der Waals surface area contributed by atoms with E-state index in [0.717, 1.165) is 23.2 Å². The highest BCUT2D eigenvalue weighted by molar-refractivity contribution is 5.47. The summed E-state index contributed by atoms with van der Waals surface area (Å²) in [6.07, 6.45) is 2.70. The summed E-state index contributed by atoms with van der Waals surface area (Å²) in [5.74, 6) is 0.705. The fourth-order valence-corrected chi connectivity index (χ4v) is 1.69. The Morgan fingerprint density at radius 3 is 2.81 bits per heavy atom. The van der Waals surface area contributed by atoms with E-state index in [1.165, 1.54) is 0 Å². The number of anilines is 1. The quantitative estimate of drug-likeness (QED) is 0.816. The minimum Gasteiger partial charge on any atom is -0.383 e. The highest BCUT2D eigenvalue weighted by atomic mass is 15.3. The molecule has 0 aliphatic heterocycles. The molecule has 0 saturated heterocycles. The predicted molar refractivity (Wildman–Crippen MR) is 65.2 cm³/mol. The zero-order chi connectivity index (χ0) is 11.5. The van der Waals surface area contributed by atoms with Gasteiger partial charge in [0.2, 0.25) is 0 Å². The fourth-order valence-electron chi connectivity index (χ4n) is 1.69. The Hall–Kier alpha value is -1.81. The Kier molecular flexibility index (Phi) is 2.92. The largest absolute Gasteiger partial charge is 0.383 e. The number of nitrogen functional groups attached to an aromatic ring is 1. The van der Waals surface area contributed by atoms with Crippen LogP contribution in [0.4, 0.5) is 5.82 Å². The molecule has 1 aromatic heterocycles. The van der Waals surface area contributed by atoms with Gasteiger partial charge in [0, 0.05) is 12.1 Å². The molecule has 0 radical (unpaired) electrons. The van der Waals surface area contributed by atoms with Crippen LogP contribution in [0.25, 0.3) is 5.69 Å². The molecule has 0 saturated carbocycles. The van der Waals surface area contributed by atoms with Gasteiger partial charge in [0.05, 0.1) is 11.9 Å². The van der Waals surface area contributed by atoms with Crippen molar-refractivity contribution in [3.63, 3.8) is 0 Å². The van der Waals surface area contributed by atoms with Crippen LogP contribution in [0.5, 0.6) is 0 Å². The Bertz CT molecular complexity index is 488. The van der Waals surface area contributed by atoms with E-state index in [2.05, 4.69) is 12.0 Å². The van der Waals surface area contributed by atoms with Crippen molar-refractivity contribution in [3.05, 3.63) is 41.6 Å². The second-order valence-corrected chi connectivity index (χ2v) is 3.69. The van der Waals surface area contributed by atoms with E-state index >= 15 is 0 Å².